The first-order valence-corrected chi connectivity index (χ1v) is 10.8. The molecule has 1 aliphatic rings. The number of amides is 1. The molecule has 8 nitrogen and oxygen atoms in total. The Kier molecular flexibility index (Phi) is 6.19. The molecule has 1 saturated carbocycles. The van der Waals surface area contributed by atoms with Gasteiger partial charge in [0.15, 0.2) is 0 Å². The summed E-state index contributed by atoms with van der Waals surface area (Å²) < 4.78 is 39.0. The van der Waals surface area contributed by atoms with Crippen LogP contribution < -0.4 is 11.1 Å². The second kappa shape index (κ2) is 8.93. The van der Waals surface area contributed by atoms with E-state index in [4.69, 9.17) is 5.73 Å². The summed E-state index contributed by atoms with van der Waals surface area (Å²) in [5.74, 6) is -1.53. The molecular formula is C21H19BrF3N7O. The van der Waals surface area contributed by atoms with Gasteiger partial charge in [-0.05, 0) is 48.7 Å². The number of benzene rings is 1. The number of carbonyl (C=O) groups excluding carboxylic acids is 1. The molecular weight excluding hydrogens is 503 g/mol. The van der Waals surface area contributed by atoms with Crippen LogP contribution in [0.1, 0.15) is 30.1 Å². The lowest BCUT2D eigenvalue weighted by atomic mass is 9.80. The van der Waals surface area contributed by atoms with Gasteiger partial charge in [-0.3, -0.25) is 9.78 Å². The lowest BCUT2D eigenvalue weighted by Gasteiger charge is -2.35. The summed E-state index contributed by atoms with van der Waals surface area (Å²) in [7, 11) is 0. The minimum absolute atomic E-state index is 0.0632. The van der Waals surface area contributed by atoms with Gasteiger partial charge in [0, 0.05) is 28.1 Å². The van der Waals surface area contributed by atoms with E-state index in [1.54, 1.807) is 36.5 Å². The number of carbonyl (C=O) groups is 1. The van der Waals surface area contributed by atoms with E-state index in [0.29, 0.717) is 16.9 Å². The van der Waals surface area contributed by atoms with Gasteiger partial charge in [0.2, 0.25) is 5.82 Å². The lowest BCUT2D eigenvalue weighted by molar-refractivity contribution is -0.203. The number of pyridine rings is 1. The number of tetrazole rings is 1. The number of hydrogen-bond donors (Lipinski definition) is 2. The quantitative estimate of drug-likeness (QED) is 0.485. The SMILES string of the molecule is Cc1ccc(-c2nnn(C3CC(C(F)(F)F)C3)n2)cc1NC(=O)/C(=C/N)c1cc(Br)ccn1. The van der Waals surface area contributed by atoms with Crippen LogP contribution in [0.25, 0.3) is 17.0 Å². The molecule has 0 saturated heterocycles. The van der Waals surface area contributed by atoms with Gasteiger partial charge >= 0.3 is 6.18 Å². The van der Waals surface area contributed by atoms with Crippen LogP contribution in [0.2, 0.25) is 0 Å². The monoisotopic (exact) mass is 521 g/mol. The zero-order chi connectivity index (χ0) is 23.8. The number of anilines is 1. The third kappa shape index (κ3) is 4.90. The summed E-state index contributed by atoms with van der Waals surface area (Å²) in [4.78, 5) is 18.3. The van der Waals surface area contributed by atoms with E-state index in [1.165, 1.54) is 11.0 Å². The first-order valence-electron chi connectivity index (χ1n) is 9.98. The molecule has 0 aliphatic heterocycles. The number of halogens is 4. The molecule has 3 N–H and O–H groups in total. The molecule has 0 bridgehead atoms. The smallest absolute Gasteiger partial charge is 0.391 e. The Morgan fingerprint density at radius 2 is 2.03 bits per heavy atom. The molecule has 1 aliphatic carbocycles. The predicted molar refractivity (Wildman–Crippen MR) is 119 cm³/mol. The number of aromatic nitrogens is 5. The van der Waals surface area contributed by atoms with Crippen LogP contribution in [0.15, 0.2) is 47.2 Å². The van der Waals surface area contributed by atoms with Crippen molar-refractivity contribution >= 4 is 33.1 Å². The molecule has 12 heteroatoms. The van der Waals surface area contributed by atoms with Gasteiger partial charge < -0.3 is 11.1 Å². The highest BCUT2D eigenvalue weighted by Crippen LogP contribution is 2.46. The summed E-state index contributed by atoms with van der Waals surface area (Å²) in [5, 5.41) is 15.0. The molecule has 0 unspecified atom stereocenters. The van der Waals surface area contributed by atoms with Gasteiger partial charge in [0.25, 0.3) is 5.91 Å². The Bertz CT molecular complexity index is 1220. The number of nitrogens with two attached hydrogens (primary N) is 1. The van der Waals surface area contributed by atoms with Crippen LogP contribution in [-0.2, 0) is 4.79 Å². The zero-order valence-corrected chi connectivity index (χ0v) is 18.9. The largest absolute Gasteiger partial charge is 0.404 e. The van der Waals surface area contributed by atoms with Crippen LogP contribution in [0.5, 0.6) is 0 Å². The Morgan fingerprint density at radius 3 is 2.70 bits per heavy atom. The summed E-state index contributed by atoms with van der Waals surface area (Å²) in [5.41, 5.74) is 8.12. The van der Waals surface area contributed by atoms with E-state index in [2.05, 4.69) is 41.6 Å². The summed E-state index contributed by atoms with van der Waals surface area (Å²) >= 11 is 3.34. The number of alkyl halides is 3. The second-order valence-corrected chi connectivity index (χ2v) is 8.64. The van der Waals surface area contributed by atoms with Crippen molar-refractivity contribution in [2.24, 2.45) is 11.7 Å². The fourth-order valence-corrected chi connectivity index (χ4v) is 3.79. The van der Waals surface area contributed by atoms with E-state index >= 15 is 0 Å². The highest BCUT2D eigenvalue weighted by Gasteiger charge is 2.49. The van der Waals surface area contributed by atoms with Gasteiger partial charge in [-0.1, -0.05) is 28.1 Å². The normalized spacial score (nSPS) is 18.6. The minimum Gasteiger partial charge on any atom is -0.404 e. The predicted octanol–water partition coefficient (Wildman–Crippen LogP) is 4.26. The fraction of sp³-hybridized carbons (Fsp3) is 0.286. The van der Waals surface area contributed by atoms with Crippen molar-refractivity contribution in [3.63, 3.8) is 0 Å². The number of hydrogen-bond acceptors (Lipinski definition) is 6. The summed E-state index contributed by atoms with van der Waals surface area (Å²) in [6, 6.07) is 8.18. The topological polar surface area (TPSA) is 112 Å². The van der Waals surface area contributed by atoms with Gasteiger partial charge in [0.1, 0.15) is 0 Å². The van der Waals surface area contributed by atoms with Crippen molar-refractivity contribution in [2.75, 3.05) is 5.32 Å². The number of nitrogens with one attached hydrogen (secondary N) is 1. The van der Waals surface area contributed by atoms with Crippen molar-refractivity contribution in [1.29, 1.82) is 0 Å². The van der Waals surface area contributed by atoms with Gasteiger partial charge in [-0.15, -0.1) is 10.2 Å². The number of rotatable bonds is 5. The molecule has 0 radical (unpaired) electrons. The van der Waals surface area contributed by atoms with Crippen LogP contribution >= 0.6 is 15.9 Å². The Hall–Kier alpha value is -3.28. The molecule has 172 valence electrons. The Balaban J connectivity index is 1.51. The molecule has 1 aromatic carbocycles. The maximum Gasteiger partial charge on any atom is 0.391 e. The molecule has 0 atom stereocenters. The maximum absolute atomic E-state index is 12.9. The van der Waals surface area contributed by atoms with Gasteiger partial charge in [0.05, 0.1) is 23.2 Å². The van der Waals surface area contributed by atoms with Crippen molar-refractivity contribution in [1.82, 2.24) is 25.2 Å². The molecule has 2 aromatic heterocycles. The first-order chi connectivity index (χ1) is 15.7. The second-order valence-electron chi connectivity index (χ2n) is 7.72. The van der Waals surface area contributed by atoms with E-state index in [0.717, 1.165) is 10.0 Å². The van der Waals surface area contributed by atoms with Crippen LogP contribution in [0.3, 0.4) is 0 Å². The van der Waals surface area contributed by atoms with Gasteiger partial charge in [-0.25, -0.2) is 0 Å². The van der Waals surface area contributed by atoms with E-state index in [1.807, 2.05) is 6.92 Å². The first kappa shape index (κ1) is 22.9. The third-order valence-corrected chi connectivity index (χ3v) is 5.98. The number of nitrogens with zero attached hydrogens (tertiary/aromatic N) is 5. The number of aryl methyl sites for hydroxylation is 1. The minimum atomic E-state index is -4.20. The van der Waals surface area contributed by atoms with Crippen molar-refractivity contribution < 1.29 is 18.0 Å². The van der Waals surface area contributed by atoms with E-state index in [9.17, 15) is 18.0 Å². The molecule has 2 heterocycles. The zero-order valence-electron chi connectivity index (χ0n) is 17.3. The molecule has 1 amide bonds. The van der Waals surface area contributed by atoms with Gasteiger partial charge in [-0.2, -0.15) is 18.0 Å². The van der Waals surface area contributed by atoms with Crippen LogP contribution in [0.4, 0.5) is 18.9 Å². The Labute approximate surface area is 195 Å². The van der Waals surface area contributed by atoms with Crippen molar-refractivity contribution in [3.8, 4) is 11.4 Å². The molecule has 3 aromatic rings. The fourth-order valence-electron chi connectivity index (χ4n) is 3.45. The average molecular weight is 522 g/mol. The molecule has 4 rings (SSSR count). The van der Waals surface area contributed by atoms with E-state index in [-0.39, 0.29) is 24.2 Å². The Morgan fingerprint density at radius 1 is 1.27 bits per heavy atom. The van der Waals surface area contributed by atoms with E-state index < -0.39 is 24.0 Å². The summed E-state index contributed by atoms with van der Waals surface area (Å²) in [6.45, 7) is 1.82. The highest BCUT2D eigenvalue weighted by atomic mass is 79.9. The molecule has 0 spiro atoms. The molecule has 1 fully saturated rings. The standard InChI is InChI=1S/C21H19BrF3N7O/c1-11-2-3-12(19-29-31-32(30-19)15-7-13(8-15)21(23,24)25)6-17(11)28-20(33)16(10-26)18-9-14(22)4-5-27-18/h2-6,9-10,13,15H,7-8,26H2,1H3,(H,28,33)/b16-10+. The highest BCUT2D eigenvalue weighted by molar-refractivity contribution is 9.10. The summed E-state index contributed by atoms with van der Waals surface area (Å²) in [6.07, 6.45) is -1.59. The van der Waals surface area contributed by atoms with Crippen LogP contribution in [-0.4, -0.2) is 37.3 Å². The third-order valence-electron chi connectivity index (χ3n) is 5.48. The van der Waals surface area contributed by atoms with Crippen molar-refractivity contribution in [3.05, 3.63) is 58.5 Å². The average Bonchev–Trinajstić information content (AvgIpc) is 3.17. The van der Waals surface area contributed by atoms with Crippen LogP contribution in [0, 0.1) is 12.8 Å². The molecule has 33 heavy (non-hydrogen) atoms. The maximum atomic E-state index is 12.9. The van der Waals surface area contributed by atoms with Crippen molar-refractivity contribution in [2.45, 2.75) is 32.0 Å². The lowest BCUT2D eigenvalue weighted by Crippen LogP contribution is -2.37.